The van der Waals surface area contributed by atoms with Crippen molar-refractivity contribution in [1.29, 1.82) is 0 Å². The van der Waals surface area contributed by atoms with Crippen LogP contribution in [0.5, 0.6) is 0 Å². The SMILES string of the molecule is Nc1cc2oc(=O)[nH]c2cc1N1CCN2C(=O)CCC2C1. The van der Waals surface area contributed by atoms with Gasteiger partial charge < -0.3 is 20.0 Å². The Hall–Kier alpha value is -2.44. The number of anilines is 2. The fourth-order valence-electron chi connectivity index (χ4n) is 3.36. The smallest absolute Gasteiger partial charge is 0.408 e. The molecule has 7 heteroatoms. The summed E-state index contributed by atoms with van der Waals surface area (Å²) in [5.74, 6) is -0.227. The van der Waals surface area contributed by atoms with Crippen LogP contribution < -0.4 is 16.4 Å². The zero-order valence-corrected chi connectivity index (χ0v) is 11.5. The predicted octanol–water partition coefficient (Wildman–Crippen LogP) is 0.514. The Kier molecular flexibility index (Phi) is 2.51. The molecule has 0 saturated carbocycles. The van der Waals surface area contributed by atoms with E-state index in [9.17, 15) is 9.59 Å². The first-order valence-electron chi connectivity index (χ1n) is 7.08. The molecule has 0 spiro atoms. The van der Waals surface area contributed by atoms with Crippen molar-refractivity contribution in [2.24, 2.45) is 0 Å². The number of nitrogens with two attached hydrogens (primary N) is 1. The second kappa shape index (κ2) is 4.28. The molecule has 7 nitrogen and oxygen atoms in total. The lowest BCUT2D eigenvalue weighted by molar-refractivity contribution is -0.129. The highest BCUT2D eigenvalue weighted by atomic mass is 16.4. The molecule has 2 fully saturated rings. The number of carbonyl (C=O) groups excluding carboxylic acids is 1. The summed E-state index contributed by atoms with van der Waals surface area (Å²) in [5.41, 5.74) is 8.68. The molecular weight excluding hydrogens is 272 g/mol. The number of carbonyl (C=O) groups is 1. The van der Waals surface area contributed by atoms with Gasteiger partial charge in [0.25, 0.3) is 0 Å². The number of benzene rings is 1. The molecule has 21 heavy (non-hydrogen) atoms. The van der Waals surface area contributed by atoms with Crippen molar-refractivity contribution in [3.05, 3.63) is 22.7 Å². The van der Waals surface area contributed by atoms with Gasteiger partial charge in [-0.25, -0.2) is 4.79 Å². The van der Waals surface area contributed by atoms with Crippen LogP contribution in [-0.2, 0) is 4.79 Å². The summed E-state index contributed by atoms with van der Waals surface area (Å²) in [6.07, 6.45) is 1.54. The summed E-state index contributed by atoms with van der Waals surface area (Å²) < 4.78 is 5.01. The van der Waals surface area contributed by atoms with Crippen LogP contribution in [0.1, 0.15) is 12.8 Å². The second-order valence-electron chi connectivity index (χ2n) is 5.65. The third-order valence-corrected chi connectivity index (χ3v) is 4.40. The van der Waals surface area contributed by atoms with Crippen molar-refractivity contribution in [3.8, 4) is 0 Å². The van der Waals surface area contributed by atoms with E-state index in [2.05, 4.69) is 9.88 Å². The molecule has 1 atom stereocenters. The molecule has 0 aliphatic carbocycles. The van der Waals surface area contributed by atoms with Gasteiger partial charge in [0.05, 0.1) is 16.9 Å². The van der Waals surface area contributed by atoms with Crippen LogP contribution in [0.15, 0.2) is 21.3 Å². The number of hydrogen-bond donors (Lipinski definition) is 2. The van der Waals surface area contributed by atoms with Gasteiger partial charge >= 0.3 is 5.76 Å². The van der Waals surface area contributed by atoms with Gasteiger partial charge in [-0.1, -0.05) is 0 Å². The number of piperazine rings is 1. The Balaban J connectivity index is 1.68. The van der Waals surface area contributed by atoms with Gasteiger partial charge in [-0.05, 0) is 12.5 Å². The van der Waals surface area contributed by atoms with E-state index >= 15 is 0 Å². The summed E-state index contributed by atoms with van der Waals surface area (Å²) in [5, 5.41) is 0. The minimum Gasteiger partial charge on any atom is -0.408 e. The van der Waals surface area contributed by atoms with E-state index in [0.717, 1.165) is 31.7 Å². The lowest BCUT2D eigenvalue weighted by Gasteiger charge is -2.39. The molecule has 1 unspecified atom stereocenters. The first-order chi connectivity index (χ1) is 10.1. The van der Waals surface area contributed by atoms with Gasteiger partial charge in [0, 0.05) is 38.2 Å². The summed E-state index contributed by atoms with van der Waals surface area (Å²) in [6.45, 7) is 2.26. The topological polar surface area (TPSA) is 95.6 Å². The normalized spacial score (nSPS) is 22.1. The van der Waals surface area contributed by atoms with Crippen LogP contribution in [0, 0.1) is 0 Å². The van der Waals surface area contributed by atoms with Crippen LogP contribution in [0.3, 0.4) is 0 Å². The first-order valence-corrected chi connectivity index (χ1v) is 7.08. The number of amides is 1. The number of nitrogen functional groups attached to an aromatic ring is 1. The molecule has 1 aromatic heterocycles. The molecule has 2 saturated heterocycles. The van der Waals surface area contributed by atoms with Crippen molar-refractivity contribution in [2.45, 2.75) is 18.9 Å². The number of nitrogens with one attached hydrogen (secondary N) is 1. The fraction of sp³-hybridized carbons (Fsp3) is 0.429. The number of aromatic amines is 1. The largest absolute Gasteiger partial charge is 0.417 e. The van der Waals surface area contributed by atoms with Crippen molar-refractivity contribution in [1.82, 2.24) is 9.88 Å². The van der Waals surface area contributed by atoms with Crippen molar-refractivity contribution in [2.75, 3.05) is 30.3 Å². The Morgan fingerprint density at radius 3 is 3.00 bits per heavy atom. The minimum atomic E-state index is -0.479. The molecular formula is C14H16N4O3. The maximum absolute atomic E-state index is 11.7. The zero-order valence-electron chi connectivity index (χ0n) is 11.5. The third kappa shape index (κ3) is 1.88. The van der Waals surface area contributed by atoms with Crippen LogP contribution in [0.2, 0.25) is 0 Å². The fourth-order valence-corrected chi connectivity index (χ4v) is 3.36. The Morgan fingerprint density at radius 1 is 1.29 bits per heavy atom. The number of hydrogen-bond acceptors (Lipinski definition) is 5. The molecule has 2 aromatic rings. The van der Waals surface area contributed by atoms with Crippen LogP contribution in [0.4, 0.5) is 11.4 Å². The van der Waals surface area contributed by atoms with Gasteiger partial charge in [-0.15, -0.1) is 0 Å². The molecule has 3 heterocycles. The summed E-state index contributed by atoms with van der Waals surface area (Å²) in [6, 6.07) is 3.79. The number of fused-ring (bicyclic) bond motifs is 2. The Morgan fingerprint density at radius 2 is 2.14 bits per heavy atom. The lowest BCUT2D eigenvalue weighted by Crippen LogP contribution is -2.51. The molecule has 1 amide bonds. The number of rotatable bonds is 1. The first kappa shape index (κ1) is 12.3. The van der Waals surface area contributed by atoms with Crippen LogP contribution in [-0.4, -0.2) is 41.5 Å². The van der Waals surface area contributed by atoms with Crippen molar-refractivity contribution < 1.29 is 9.21 Å². The van der Waals surface area contributed by atoms with E-state index in [1.54, 1.807) is 6.07 Å². The minimum absolute atomic E-state index is 0.252. The highest BCUT2D eigenvalue weighted by molar-refractivity contribution is 5.86. The predicted molar refractivity (Wildman–Crippen MR) is 78.2 cm³/mol. The zero-order chi connectivity index (χ0) is 14.6. The molecule has 0 bridgehead atoms. The van der Waals surface area contributed by atoms with E-state index in [4.69, 9.17) is 10.2 Å². The van der Waals surface area contributed by atoms with E-state index in [1.165, 1.54) is 0 Å². The summed E-state index contributed by atoms with van der Waals surface area (Å²) in [7, 11) is 0. The van der Waals surface area contributed by atoms with E-state index in [0.29, 0.717) is 23.2 Å². The highest BCUT2D eigenvalue weighted by Gasteiger charge is 2.35. The molecule has 2 aliphatic heterocycles. The van der Waals surface area contributed by atoms with Crippen LogP contribution >= 0.6 is 0 Å². The van der Waals surface area contributed by atoms with Crippen molar-refractivity contribution in [3.63, 3.8) is 0 Å². The Labute approximate surface area is 120 Å². The highest BCUT2D eigenvalue weighted by Crippen LogP contribution is 2.32. The third-order valence-electron chi connectivity index (χ3n) is 4.40. The number of H-pyrrole nitrogens is 1. The van der Waals surface area contributed by atoms with E-state index in [-0.39, 0.29) is 11.9 Å². The molecule has 1 aromatic carbocycles. The average Bonchev–Trinajstić information content (AvgIpc) is 3.00. The summed E-state index contributed by atoms with van der Waals surface area (Å²) in [4.78, 5) is 29.8. The van der Waals surface area contributed by atoms with Gasteiger partial charge in [-0.3, -0.25) is 9.78 Å². The van der Waals surface area contributed by atoms with Gasteiger partial charge in [0.15, 0.2) is 5.58 Å². The van der Waals surface area contributed by atoms with E-state index < -0.39 is 5.76 Å². The molecule has 3 N–H and O–H groups in total. The quantitative estimate of drug-likeness (QED) is 0.746. The average molecular weight is 288 g/mol. The second-order valence-corrected chi connectivity index (χ2v) is 5.65. The van der Waals surface area contributed by atoms with Gasteiger partial charge in [0.2, 0.25) is 5.91 Å². The number of aromatic nitrogens is 1. The van der Waals surface area contributed by atoms with Gasteiger partial charge in [0.1, 0.15) is 0 Å². The van der Waals surface area contributed by atoms with E-state index in [1.807, 2.05) is 11.0 Å². The molecule has 4 rings (SSSR count). The van der Waals surface area contributed by atoms with Gasteiger partial charge in [-0.2, -0.15) is 0 Å². The van der Waals surface area contributed by atoms with Crippen LogP contribution in [0.25, 0.3) is 11.1 Å². The monoisotopic (exact) mass is 288 g/mol. The maximum atomic E-state index is 11.7. The molecule has 2 aliphatic rings. The standard InChI is InChI=1S/C14H16N4O3/c15-9-5-12-10(16-14(20)21-12)6-11(9)17-3-4-18-8(7-17)1-2-13(18)19/h5-6,8H,1-4,7,15H2,(H,16,20). The molecule has 0 radical (unpaired) electrons. The summed E-state index contributed by atoms with van der Waals surface area (Å²) >= 11 is 0. The number of nitrogens with zero attached hydrogens (tertiary/aromatic N) is 2. The lowest BCUT2D eigenvalue weighted by atomic mass is 10.1. The number of oxazole rings is 1. The Bertz CT molecular complexity index is 778. The van der Waals surface area contributed by atoms with Crippen molar-refractivity contribution >= 4 is 28.4 Å². The maximum Gasteiger partial charge on any atom is 0.417 e. The molecule has 110 valence electrons.